The van der Waals surface area contributed by atoms with Gasteiger partial charge in [0.2, 0.25) is 0 Å². The molecule has 0 N–H and O–H groups in total. The number of anilines is 2. The quantitative estimate of drug-likeness (QED) is 0.535. The highest BCUT2D eigenvalue weighted by molar-refractivity contribution is 6.46. The van der Waals surface area contributed by atoms with Gasteiger partial charge in [-0.05, 0) is 56.2 Å². The molecule has 4 rings (SSSR count). The van der Waals surface area contributed by atoms with Gasteiger partial charge in [-0.25, -0.2) is 9.29 Å². The van der Waals surface area contributed by atoms with E-state index in [2.05, 4.69) is 0 Å². The summed E-state index contributed by atoms with van der Waals surface area (Å²) in [4.78, 5) is 30.0. The summed E-state index contributed by atoms with van der Waals surface area (Å²) in [7, 11) is 0. The first-order valence-corrected chi connectivity index (χ1v) is 10.2. The third kappa shape index (κ3) is 3.52. The van der Waals surface area contributed by atoms with Gasteiger partial charge in [0, 0.05) is 12.2 Å². The molecule has 3 aromatic carbocycles. The van der Waals surface area contributed by atoms with E-state index in [0.717, 1.165) is 21.7 Å². The van der Waals surface area contributed by atoms with Crippen molar-refractivity contribution in [1.29, 1.82) is 0 Å². The predicted molar refractivity (Wildman–Crippen MR) is 121 cm³/mol. The Bertz CT molecular complexity index is 1200. The lowest BCUT2D eigenvalue weighted by Gasteiger charge is -2.25. The molecule has 0 aliphatic carbocycles. The fourth-order valence-electron chi connectivity index (χ4n) is 4.04. The standard InChI is InChI=1S/C26H23FN2O2/c1-4-28(19-10-6-5-7-11-19)24-23(20-15-14-17(2)16-18(20)3)25(30)29(26(24)31)22-13-9-8-12-21(22)27/h5-16H,4H2,1-3H3. The van der Waals surface area contributed by atoms with Crippen molar-refractivity contribution < 1.29 is 14.0 Å². The number of hydrogen-bond acceptors (Lipinski definition) is 3. The number of benzene rings is 3. The van der Waals surface area contributed by atoms with E-state index in [9.17, 15) is 14.0 Å². The Morgan fingerprint density at radius 1 is 0.871 bits per heavy atom. The molecule has 1 aliphatic heterocycles. The van der Waals surface area contributed by atoms with Crippen LogP contribution >= 0.6 is 0 Å². The first kappa shape index (κ1) is 20.5. The topological polar surface area (TPSA) is 40.6 Å². The molecule has 0 spiro atoms. The van der Waals surface area contributed by atoms with Crippen LogP contribution in [0, 0.1) is 19.7 Å². The molecule has 2 amide bonds. The maximum atomic E-state index is 14.6. The molecular weight excluding hydrogens is 391 g/mol. The van der Waals surface area contributed by atoms with Crippen molar-refractivity contribution in [3.05, 3.63) is 101 Å². The molecule has 4 nitrogen and oxygen atoms in total. The lowest BCUT2D eigenvalue weighted by atomic mass is 9.97. The van der Waals surface area contributed by atoms with Gasteiger partial charge in [-0.15, -0.1) is 0 Å². The van der Waals surface area contributed by atoms with Crippen LogP contribution in [0.25, 0.3) is 5.57 Å². The van der Waals surface area contributed by atoms with E-state index in [1.165, 1.54) is 18.2 Å². The minimum absolute atomic E-state index is 0.0427. The number of hydrogen-bond donors (Lipinski definition) is 0. The molecule has 0 unspecified atom stereocenters. The largest absolute Gasteiger partial charge is 0.337 e. The predicted octanol–water partition coefficient (Wildman–Crippen LogP) is 5.25. The third-order valence-corrected chi connectivity index (χ3v) is 5.46. The summed E-state index contributed by atoms with van der Waals surface area (Å²) in [6.45, 7) is 6.28. The zero-order chi connectivity index (χ0) is 22.1. The molecule has 31 heavy (non-hydrogen) atoms. The number of aryl methyl sites for hydroxylation is 2. The van der Waals surface area contributed by atoms with Gasteiger partial charge >= 0.3 is 0 Å². The number of nitrogens with zero attached hydrogens (tertiary/aromatic N) is 2. The Balaban J connectivity index is 1.96. The fourth-order valence-corrected chi connectivity index (χ4v) is 4.04. The van der Waals surface area contributed by atoms with Crippen LogP contribution in [0.2, 0.25) is 0 Å². The van der Waals surface area contributed by atoms with Gasteiger partial charge in [-0.3, -0.25) is 9.59 Å². The Labute approximate surface area is 181 Å². The van der Waals surface area contributed by atoms with Crippen LogP contribution in [0.1, 0.15) is 23.6 Å². The van der Waals surface area contributed by atoms with E-state index >= 15 is 0 Å². The molecule has 0 bridgehead atoms. The number of likely N-dealkylation sites (N-methyl/N-ethyl adjacent to an activating group) is 1. The lowest BCUT2D eigenvalue weighted by Crippen LogP contribution is -2.35. The van der Waals surface area contributed by atoms with E-state index < -0.39 is 17.6 Å². The molecule has 0 fully saturated rings. The SMILES string of the molecule is CCN(C1=C(c2ccc(C)cc2C)C(=O)N(c2ccccc2F)C1=O)c1ccccc1. The Morgan fingerprint density at radius 3 is 2.19 bits per heavy atom. The maximum Gasteiger partial charge on any atom is 0.282 e. The summed E-state index contributed by atoms with van der Waals surface area (Å²) >= 11 is 0. The van der Waals surface area contributed by atoms with Gasteiger partial charge in [0.1, 0.15) is 11.5 Å². The summed E-state index contributed by atoms with van der Waals surface area (Å²) < 4.78 is 14.6. The summed E-state index contributed by atoms with van der Waals surface area (Å²) in [5, 5.41) is 0. The minimum atomic E-state index is -0.617. The van der Waals surface area contributed by atoms with Crippen molar-refractivity contribution in [3.63, 3.8) is 0 Å². The van der Waals surface area contributed by atoms with E-state index in [4.69, 9.17) is 0 Å². The lowest BCUT2D eigenvalue weighted by molar-refractivity contribution is -0.120. The average molecular weight is 414 g/mol. The van der Waals surface area contributed by atoms with Crippen molar-refractivity contribution in [3.8, 4) is 0 Å². The molecule has 0 radical (unpaired) electrons. The van der Waals surface area contributed by atoms with Crippen LogP contribution in [-0.2, 0) is 9.59 Å². The minimum Gasteiger partial charge on any atom is -0.337 e. The number of carbonyl (C=O) groups excluding carboxylic acids is 2. The molecule has 1 aliphatic rings. The number of imide groups is 1. The van der Waals surface area contributed by atoms with Crippen LogP contribution in [0.3, 0.4) is 0 Å². The summed E-state index contributed by atoms with van der Waals surface area (Å²) in [6, 6.07) is 21.0. The number of amides is 2. The highest BCUT2D eigenvalue weighted by Gasteiger charge is 2.43. The van der Waals surface area contributed by atoms with E-state index in [0.29, 0.717) is 12.1 Å². The highest BCUT2D eigenvalue weighted by Crippen LogP contribution is 2.38. The summed E-state index contributed by atoms with van der Waals surface area (Å²) in [5.41, 5.74) is 3.91. The van der Waals surface area contributed by atoms with Gasteiger partial charge in [-0.1, -0.05) is 54.1 Å². The molecule has 0 atom stereocenters. The van der Waals surface area contributed by atoms with Crippen molar-refractivity contribution in [2.45, 2.75) is 20.8 Å². The molecule has 0 saturated heterocycles. The van der Waals surface area contributed by atoms with Crippen LogP contribution < -0.4 is 9.80 Å². The van der Waals surface area contributed by atoms with Gasteiger partial charge in [-0.2, -0.15) is 0 Å². The van der Waals surface area contributed by atoms with Gasteiger partial charge in [0.05, 0.1) is 11.3 Å². The molecular formula is C26H23FN2O2. The normalized spacial score (nSPS) is 13.9. The van der Waals surface area contributed by atoms with Crippen molar-refractivity contribution in [1.82, 2.24) is 0 Å². The molecule has 1 heterocycles. The van der Waals surface area contributed by atoms with Gasteiger partial charge < -0.3 is 4.90 Å². The maximum absolute atomic E-state index is 14.6. The first-order chi connectivity index (χ1) is 14.9. The zero-order valence-corrected chi connectivity index (χ0v) is 17.7. The Hall–Kier alpha value is -3.73. The van der Waals surface area contributed by atoms with E-state index in [1.807, 2.05) is 74.2 Å². The van der Waals surface area contributed by atoms with E-state index in [-0.39, 0.29) is 17.0 Å². The smallest absolute Gasteiger partial charge is 0.282 e. The second-order valence-electron chi connectivity index (χ2n) is 7.52. The number of carbonyl (C=O) groups is 2. The van der Waals surface area contributed by atoms with E-state index in [1.54, 1.807) is 6.07 Å². The second-order valence-corrected chi connectivity index (χ2v) is 7.52. The number of para-hydroxylation sites is 2. The van der Waals surface area contributed by atoms with Crippen molar-refractivity contribution in [2.24, 2.45) is 0 Å². The third-order valence-electron chi connectivity index (χ3n) is 5.46. The molecule has 0 saturated carbocycles. The van der Waals surface area contributed by atoms with Crippen molar-refractivity contribution >= 4 is 28.8 Å². The fraction of sp³-hybridized carbons (Fsp3) is 0.154. The van der Waals surface area contributed by atoms with Crippen LogP contribution in [0.5, 0.6) is 0 Å². The summed E-state index contributed by atoms with van der Waals surface area (Å²) in [5.74, 6) is -1.67. The van der Waals surface area contributed by atoms with Gasteiger partial charge in [0.15, 0.2) is 0 Å². The summed E-state index contributed by atoms with van der Waals surface area (Å²) in [6.07, 6.45) is 0. The molecule has 156 valence electrons. The number of rotatable bonds is 5. The monoisotopic (exact) mass is 414 g/mol. The molecule has 0 aromatic heterocycles. The highest BCUT2D eigenvalue weighted by atomic mass is 19.1. The van der Waals surface area contributed by atoms with Gasteiger partial charge in [0.25, 0.3) is 11.8 Å². The zero-order valence-electron chi connectivity index (χ0n) is 17.7. The second kappa shape index (κ2) is 8.19. The van der Waals surface area contributed by atoms with Crippen LogP contribution in [0.15, 0.2) is 78.5 Å². The Kier molecular flexibility index (Phi) is 5.42. The Morgan fingerprint density at radius 2 is 1.55 bits per heavy atom. The first-order valence-electron chi connectivity index (χ1n) is 10.2. The molecule has 5 heteroatoms. The molecule has 3 aromatic rings. The average Bonchev–Trinajstić information content (AvgIpc) is 3.00. The van der Waals surface area contributed by atoms with Crippen LogP contribution in [-0.4, -0.2) is 18.4 Å². The van der Waals surface area contributed by atoms with Crippen LogP contribution in [0.4, 0.5) is 15.8 Å². The van der Waals surface area contributed by atoms with Crippen molar-refractivity contribution in [2.75, 3.05) is 16.3 Å². The number of halogens is 1.